The molecule has 3 aromatic heterocycles. The average molecular weight is 1180 g/mol. The number of carbonyl (C=O) groups excluding carboxylic acids is 3. The Balaban J connectivity index is 0.683. The molecule has 6 aromatic rings. The topological polar surface area (TPSA) is 234 Å². The normalized spacial score (nSPS) is 20.2. The van der Waals surface area contributed by atoms with Gasteiger partial charge in [-0.1, -0.05) is 74.1 Å². The van der Waals surface area contributed by atoms with E-state index in [4.69, 9.17) is 38.2 Å². The fourth-order valence-electron chi connectivity index (χ4n) is 12.1. The Kier molecular flexibility index (Phi) is 20.0. The number of benzene rings is 3. The molecule has 7 heterocycles. The Morgan fingerprint density at radius 1 is 0.906 bits per heavy atom. The first-order chi connectivity index (χ1) is 41.3. The number of likely N-dealkylation sites (tertiary alicyclic amines) is 2. The molecule has 0 spiro atoms. The van der Waals surface area contributed by atoms with Crippen molar-refractivity contribution in [1.29, 1.82) is 5.26 Å². The lowest BCUT2D eigenvalue weighted by Crippen LogP contribution is -2.55. The summed E-state index contributed by atoms with van der Waals surface area (Å²) >= 11 is 1.53. The van der Waals surface area contributed by atoms with Crippen molar-refractivity contribution in [3.63, 3.8) is 0 Å². The van der Waals surface area contributed by atoms with Gasteiger partial charge < -0.3 is 58.2 Å². The maximum atomic E-state index is 14.0. The Bertz CT molecular complexity index is 3340. The summed E-state index contributed by atoms with van der Waals surface area (Å²) in [4.78, 5) is 66.2. The molecule has 3 amide bonds. The summed E-state index contributed by atoms with van der Waals surface area (Å²) in [6.45, 7) is 17.5. The van der Waals surface area contributed by atoms with Gasteiger partial charge in [-0.15, -0.1) is 11.3 Å². The molecular weight excluding hydrogens is 1100 g/mol. The Hall–Kier alpha value is -7.52. The molecule has 3 aromatic carbocycles. The van der Waals surface area contributed by atoms with Crippen LogP contribution >= 0.6 is 11.3 Å². The molecule has 1 unspecified atom stereocenters. The highest BCUT2D eigenvalue weighted by Gasteiger charge is 2.43. The van der Waals surface area contributed by atoms with Gasteiger partial charge in [0, 0.05) is 86.5 Å². The lowest BCUT2D eigenvalue weighted by atomic mass is 9.91. The van der Waals surface area contributed by atoms with Crippen LogP contribution in [0.3, 0.4) is 0 Å². The van der Waals surface area contributed by atoms with Gasteiger partial charge in [0.15, 0.2) is 0 Å². The summed E-state index contributed by atoms with van der Waals surface area (Å²) in [5.74, 6) is 0.197. The number of nitrogens with one attached hydrogen (secondary N) is 1. The monoisotopic (exact) mass is 1180 g/mol. The summed E-state index contributed by atoms with van der Waals surface area (Å²) < 4.78 is 36.4. The maximum Gasteiger partial charge on any atom is 0.318 e. The third-order valence-electron chi connectivity index (χ3n) is 16.5. The van der Waals surface area contributed by atoms with Crippen molar-refractivity contribution < 1.29 is 47.7 Å². The average Bonchev–Trinajstić information content (AvgIpc) is 3.15. The highest BCUT2D eigenvalue weighted by molar-refractivity contribution is 7.13. The number of hydrogen-bond acceptors (Lipinski definition) is 19. The van der Waals surface area contributed by atoms with Crippen LogP contribution < -0.4 is 24.6 Å². The number of anilines is 2. The zero-order chi connectivity index (χ0) is 59.6. The fraction of sp³-hybridized carbons (Fsp3) is 0.492. The number of aliphatic hydroxyl groups excluding tert-OH is 1. The SMILES string of the molecule is C=CC(=O)N1CCN(c2nc(OC[C@@H]3C[C@@H](OCCOCCOCCOc4cc(-c5scnc5C)ccc4CNC(=O)C4C[C@@H](O)CN4C(=O)[C@H](c4cc(C)no4)C(C)C)CN3C)nc3c2CCN(c2cccc4ccccc24)C3)C[C@@H]1CC#N. The van der Waals surface area contributed by atoms with Crippen LogP contribution in [0.5, 0.6) is 11.8 Å². The molecular formula is C63H77N11O10S. The number of aliphatic hydroxyl groups is 1. The molecule has 10 rings (SSSR count). The molecule has 6 atom stereocenters. The molecule has 0 bridgehead atoms. The van der Waals surface area contributed by atoms with E-state index in [0.717, 1.165) is 70.4 Å². The van der Waals surface area contributed by atoms with E-state index in [-0.39, 0.29) is 74.4 Å². The van der Waals surface area contributed by atoms with Crippen LogP contribution in [0.15, 0.2) is 89.4 Å². The smallest absolute Gasteiger partial charge is 0.318 e. The van der Waals surface area contributed by atoms with E-state index in [0.29, 0.717) is 89.0 Å². The highest BCUT2D eigenvalue weighted by atomic mass is 32.1. The summed E-state index contributed by atoms with van der Waals surface area (Å²) in [5, 5.41) is 29.8. The van der Waals surface area contributed by atoms with Crippen molar-refractivity contribution in [1.82, 2.24) is 40.1 Å². The minimum absolute atomic E-state index is 0.0135. The summed E-state index contributed by atoms with van der Waals surface area (Å²) in [7, 11) is 2.07. The van der Waals surface area contributed by atoms with Gasteiger partial charge in [0.1, 0.15) is 42.5 Å². The number of nitriles is 1. The number of nitrogens with zero attached hydrogens (tertiary/aromatic N) is 10. The van der Waals surface area contributed by atoms with Crippen LogP contribution in [0.2, 0.25) is 0 Å². The van der Waals surface area contributed by atoms with Crippen LogP contribution in [0.25, 0.3) is 21.2 Å². The zero-order valence-corrected chi connectivity index (χ0v) is 50.0. The molecule has 4 aliphatic rings. The number of aromatic nitrogens is 4. The highest BCUT2D eigenvalue weighted by Crippen LogP contribution is 2.37. The van der Waals surface area contributed by atoms with Gasteiger partial charge in [-0.2, -0.15) is 15.2 Å². The van der Waals surface area contributed by atoms with Crippen molar-refractivity contribution >= 4 is 51.3 Å². The molecule has 2 N–H and O–H groups in total. The van der Waals surface area contributed by atoms with E-state index in [1.807, 2.05) is 39.0 Å². The van der Waals surface area contributed by atoms with E-state index in [2.05, 4.69) is 92.3 Å². The van der Waals surface area contributed by atoms with Gasteiger partial charge in [-0.25, -0.2) is 4.98 Å². The lowest BCUT2D eigenvalue weighted by molar-refractivity contribution is -0.141. The van der Waals surface area contributed by atoms with Crippen molar-refractivity contribution in [2.45, 2.75) is 103 Å². The molecule has 4 aliphatic heterocycles. The first kappa shape index (κ1) is 60.6. The molecule has 0 radical (unpaired) electrons. The number of likely N-dealkylation sites (N-methyl/N-ethyl adjacent to an activating group) is 1. The van der Waals surface area contributed by atoms with Crippen molar-refractivity contribution in [2.24, 2.45) is 5.92 Å². The number of piperazine rings is 1. The number of rotatable bonds is 25. The number of β-amino-alcohol motifs (C(OH)–C–C–N with tert-alkyl or cyclic N) is 1. The van der Waals surface area contributed by atoms with Gasteiger partial charge >= 0.3 is 6.01 Å². The second-order valence-corrected chi connectivity index (χ2v) is 23.5. The number of fused-ring (bicyclic) bond motifs is 2. The Labute approximate surface area is 500 Å². The van der Waals surface area contributed by atoms with Crippen molar-refractivity contribution in [3.8, 4) is 28.3 Å². The molecule has 0 aliphatic carbocycles. The van der Waals surface area contributed by atoms with Crippen LogP contribution in [0.1, 0.15) is 73.0 Å². The number of carbonyl (C=O) groups is 3. The standard InChI is InChI=1S/C63H77N11O10S/c1-7-57(76)73-22-21-72(34-46(73)17-19-64)60-51-18-20-71(53-14-10-12-43-11-8-9-13-50(43)53)37-52(51)67-63(68-60)83-38-47-31-49(36-70(47)6)81-27-25-79-23-24-80-26-28-82-55-30-44(59-42(5)66-39-85-59)15-16-45(55)33-65-61(77)54-32-48(75)35-74(54)62(78)58(40(2)3)56-29-41(4)69-84-56/h7-16,29-30,39-40,46-49,54,58,75H,1,17-18,20-28,31-38H2,2-6H3,(H,65,77)/t46-,47-,48+,49+,54?,58-/m0/s1. The van der Waals surface area contributed by atoms with E-state index < -0.39 is 18.1 Å². The maximum absolute atomic E-state index is 14.0. The molecule has 85 heavy (non-hydrogen) atoms. The van der Waals surface area contributed by atoms with Crippen LogP contribution in [-0.2, 0) is 48.1 Å². The molecule has 3 saturated heterocycles. The van der Waals surface area contributed by atoms with Crippen molar-refractivity contribution in [2.75, 3.05) is 102 Å². The van der Waals surface area contributed by atoms with E-state index in [9.17, 15) is 24.8 Å². The first-order valence-corrected chi connectivity index (χ1v) is 30.3. The van der Waals surface area contributed by atoms with Gasteiger partial charge in [0.2, 0.25) is 17.7 Å². The Morgan fingerprint density at radius 3 is 2.47 bits per heavy atom. The number of ether oxygens (including phenoxy) is 5. The second-order valence-electron chi connectivity index (χ2n) is 22.6. The van der Waals surface area contributed by atoms with Crippen LogP contribution in [-0.4, -0.2) is 181 Å². The molecule has 21 nitrogen and oxygen atoms in total. The van der Waals surface area contributed by atoms with Crippen molar-refractivity contribution in [3.05, 3.63) is 119 Å². The first-order valence-electron chi connectivity index (χ1n) is 29.4. The minimum atomic E-state index is -0.862. The molecule has 3 fully saturated rings. The third kappa shape index (κ3) is 14.4. The van der Waals surface area contributed by atoms with E-state index in [1.165, 1.54) is 33.1 Å². The van der Waals surface area contributed by atoms with E-state index >= 15 is 0 Å². The van der Waals surface area contributed by atoms with Crippen LogP contribution in [0, 0.1) is 31.1 Å². The minimum Gasteiger partial charge on any atom is -0.491 e. The zero-order valence-electron chi connectivity index (χ0n) is 49.2. The third-order valence-corrected chi connectivity index (χ3v) is 17.4. The molecule has 22 heteroatoms. The lowest BCUT2D eigenvalue weighted by Gasteiger charge is -2.42. The number of thiazole rings is 1. The van der Waals surface area contributed by atoms with Gasteiger partial charge in [-0.3, -0.25) is 19.3 Å². The summed E-state index contributed by atoms with van der Waals surface area (Å²) in [6.07, 6.45) is 2.27. The fourth-order valence-corrected chi connectivity index (χ4v) is 12.9. The van der Waals surface area contributed by atoms with Gasteiger partial charge in [0.05, 0.1) is 97.8 Å². The van der Waals surface area contributed by atoms with Gasteiger partial charge in [-0.05, 0) is 68.8 Å². The van der Waals surface area contributed by atoms with E-state index in [1.54, 1.807) is 23.4 Å². The Morgan fingerprint density at radius 2 is 1.71 bits per heavy atom. The number of amides is 3. The summed E-state index contributed by atoms with van der Waals surface area (Å²) in [5.41, 5.74) is 8.16. The molecule has 0 saturated carbocycles. The van der Waals surface area contributed by atoms with Gasteiger partial charge in [0.25, 0.3) is 0 Å². The number of hydrogen-bond donors (Lipinski definition) is 2. The summed E-state index contributed by atoms with van der Waals surface area (Å²) in [6, 6.07) is 23.9. The predicted octanol–water partition coefficient (Wildman–Crippen LogP) is 6.64. The molecule has 450 valence electrons. The van der Waals surface area contributed by atoms with Crippen LogP contribution in [0.4, 0.5) is 11.5 Å². The second kappa shape index (κ2) is 28.1. The number of aryl methyl sites for hydroxylation is 2. The largest absolute Gasteiger partial charge is 0.491 e. The predicted molar refractivity (Wildman–Crippen MR) is 321 cm³/mol. The quantitative estimate of drug-likeness (QED) is 0.0452.